The fourth-order valence-electron chi connectivity index (χ4n) is 2.29. The number of carbonyl (C=O) groups excluding carboxylic acids is 1. The van der Waals surface area contributed by atoms with E-state index < -0.39 is 21.0 Å². The minimum absolute atomic E-state index is 0.101. The lowest BCUT2D eigenvalue weighted by Gasteiger charge is -2.31. The first kappa shape index (κ1) is 15.9. The summed E-state index contributed by atoms with van der Waals surface area (Å²) in [6.07, 6.45) is 2.42. The van der Waals surface area contributed by atoms with Crippen LogP contribution in [0.5, 0.6) is 0 Å². The highest BCUT2D eigenvalue weighted by Crippen LogP contribution is 2.31. The van der Waals surface area contributed by atoms with Gasteiger partial charge in [0.25, 0.3) is 5.69 Å². The van der Waals surface area contributed by atoms with Crippen molar-refractivity contribution in [3.05, 3.63) is 33.3 Å². The van der Waals surface area contributed by atoms with Crippen molar-refractivity contribution in [2.75, 3.05) is 6.54 Å². The van der Waals surface area contributed by atoms with Crippen LogP contribution in [-0.2, 0) is 14.8 Å². The second-order valence-corrected chi connectivity index (χ2v) is 6.95. The van der Waals surface area contributed by atoms with Crippen molar-refractivity contribution in [1.82, 2.24) is 4.31 Å². The van der Waals surface area contributed by atoms with Crippen molar-refractivity contribution < 1.29 is 18.1 Å². The van der Waals surface area contributed by atoms with E-state index in [1.165, 1.54) is 6.07 Å². The van der Waals surface area contributed by atoms with Crippen LogP contribution < -0.4 is 0 Å². The quantitative estimate of drug-likeness (QED) is 0.477. The number of nitro benzene ring substituents is 1. The summed E-state index contributed by atoms with van der Waals surface area (Å²) >= 11 is 5.88. The van der Waals surface area contributed by atoms with Gasteiger partial charge in [0.15, 0.2) is 0 Å². The fourth-order valence-corrected chi connectivity index (χ4v) is 4.42. The van der Waals surface area contributed by atoms with E-state index in [0.29, 0.717) is 19.1 Å². The SMILES string of the molecule is O=CC1CCCCN1S(=O)(=O)c1cc([N+](=O)[O-])ccc1Cl. The van der Waals surface area contributed by atoms with Gasteiger partial charge in [-0.3, -0.25) is 10.1 Å². The topological polar surface area (TPSA) is 97.6 Å². The van der Waals surface area contributed by atoms with Gasteiger partial charge >= 0.3 is 0 Å². The normalized spacial score (nSPS) is 20.1. The van der Waals surface area contributed by atoms with Gasteiger partial charge in [0.05, 0.1) is 16.0 Å². The zero-order valence-electron chi connectivity index (χ0n) is 10.9. The highest BCUT2D eigenvalue weighted by atomic mass is 35.5. The van der Waals surface area contributed by atoms with Gasteiger partial charge in [0, 0.05) is 18.7 Å². The Labute approximate surface area is 126 Å². The Morgan fingerprint density at radius 3 is 2.71 bits per heavy atom. The first-order valence-corrected chi connectivity index (χ1v) is 8.11. The summed E-state index contributed by atoms with van der Waals surface area (Å²) in [6.45, 7) is 0.199. The molecule has 1 aliphatic heterocycles. The molecule has 0 amide bonds. The van der Waals surface area contributed by atoms with Gasteiger partial charge < -0.3 is 4.79 Å². The Bertz CT molecular complexity index is 676. The number of hydrogen-bond donors (Lipinski definition) is 0. The molecule has 114 valence electrons. The summed E-state index contributed by atoms with van der Waals surface area (Å²) in [7, 11) is -4.04. The van der Waals surface area contributed by atoms with Gasteiger partial charge in [0.1, 0.15) is 11.2 Å². The van der Waals surface area contributed by atoms with E-state index in [4.69, 9.17) is 11.6 Å². The average Bonchev–Trinajstić information content (AvgIpc) is 2.47. The molecule has 0 bridgehead atoms. The molecular weight excluding hydrogens is 320 g/mol. The molecule has 21 heavy (non-hydrogen) atoms. The van der Waals surface area contributed by atoms with Crippen LogP contribution in [0.4, 0.5) is 5.69 Å². The minimum Gasteiger partial charge on any atom is -0.302 e. The zero-order chi connectivity index (χ0) is 15.6. The van der Waals surface area contributed by atoms with E-state index in [1.54, 1.807) is 0 Å². The number of aldehydes is 1. The van der Waals surface area contributed by atoms with Gasteiger partial charge in [-0.1, -0.05) is 18.0 Å². The molecule has 7 nitrogen and oxygen atoms in total. The molecule has 0 saturated carbocycles. The van der Waals surface area contributed by atoms with Crippen LogP contribution in [0.1, 0.15) is 19.3 Å². The van der Waals surface area contributed by atoms with Gasteiger partial charge in [-0.05, 0) is 18.9 Å². The molecule has 0 aromatic heterocycles. The second-order valence-electron chi connectivity index (χ2n) is 4.69. The lowest BCUT2D eigenvalue weighted by atomic mass is 10.1. The smallest absolute Gasteiger partial charge is 0.270 e. The number of piperidine rings is 1. The molecule has 1 heterocycles. The molecule has 2 rings (SSSR count). The van der Waals surface area contributed by atoms with Crippen molar-refractivity contribution in [1.29, 1.82) is 0 Å². The summed E-state index contributed by atoms with van der Waals surface area (Å²) in [5, 5.41) is 10.7. The number of benzene rings is 1. The average molecular weight is 333 g/mol. The zero-order valence-corrected chi connectivity index (χ0v) is 12.5. The Kier molecular flexibility index (Phi) is 4.60. The first-order chi connectivity index (χ1) is 9.87. The lowest BCUT2D eigenvalue weighted by molar-refractivity contribution is -0.385. The van der Waals surface area contributed by atoms with Crippen LogP contribution in [-0.4, -0.2) is 36.5 Å². The number of rotatable bonds is 4. The molecule has 9 heteroatoms. The molecule has 1 aliphatic rings. The van der Waals surface area contributed by atoms with Crippen molar-refractivity contribution in [3.8, 4) is 0 Å². The molecule has 1 atom stereocenters. The number of sulfonamides is 1. The molecule has 1 fully saturated rings. The van der Waals surface area contributed by atoms with E-state index in [0.717, 1.165) is 22.9 Å². The number of nitrogens with zero attached hydrogens (tertiary/aromatic N) is 2. The Hall–Kier alpha value is -1.51. The standard InChI is InChI=1S/C12H13ClN2O5S/c13-11-5-4-9(15(17)18)7-12(11)21(19,20)14-6-2-1-3-10(14)8-16/h4-5,7-8,10H,1-3,6H2. The molecular formula is C12H13ClN2O5S. The van der Waals surface area contributed by atoms with E-state index in [2.05, 4.69) is 0 Å². The van der Waals surface area contributed by atoms with Crippen molar-refractivity contribution in [3.63, 3.8) is 0 Å². The summed E-state index contributed by atoms with van der Waals surface area (Å²) in [4.78, 5) is 20.8. The van der Waals surface area contributed by atoms with Gasteiger partial charge in [0.2, 0.25) is 10.0 Å². The van der Waals surface area contributed by atoms with Crippen LogP contribution in [0.25, 0.3) is 0 Å². The predicted molar refractivity (Wildman–Crippen MR) is 75.7 cm³/mol. The minimum atomic E-state index is -4.04. The molecule has 0 radical (unpaired) electrons. The van der Waals surface area contributed by atoms with Gasteiger partial charge in [-0.2, -0.15) is 4.31 Å². The third-order valence-corrected chi connectivity index (χ3v) is 5.77. The van der Waals surface area contributed by atoms with E-state index in [9.17, 15) is 23.3 Å². The summed E-state index contributed by atoms with van der Waals surface area (Å²) in [6, 6.07) is 2.48. The second kappa shape index (κ2) is 6.08. The van der Waals surface area contributed by atoms with Gasteiger partial charge in [-0.25, -0.2) is 8.42 Å². The maximum absolute atomic E-state index is 12.6. The van der Waals surface area contributed by atoms with Crippen molar-refractivity contribution >= 4 is 33.6 Å². The van der Waals surface area contributed by atoms with Crippen LogP contribution >= 0.6 is 11.6 Å². The van der Waals surface area contributed by atoms with Crippen LogP contribution in [0.3, 0.4) is 0 Å². The molecule has 1 aromatic carbocycles. The van der Waals surface area contributed by atoms with Gasteiger partial charge in [-0.15, -0.1) is 0 Å². The van der Waals surface area contributed by atoms with E-state index in [-0.39, 0.29) is 22.2 Å². The van der Waals surface area contributed by atoms with Crippen LogP contribution in [0, 0.1) is 10.1 Å². The predicted octanol–water partition coefficient (Wildman–Crippen LogP) is 1.99. The number of nitro groups is 1. The molecule has 1 aromatic rings. The highest BCUT2D eigenvalue weighted by Gasteiger charge is 2.35. The molecule has 1 unspecified atom stereocenters. The van der Waals surface area contributed by atoms with Crippen LogP contribution in [0.15, 0.2) is 23.1 Å². The maximum atomic E-state index is 12.6. The third kappa shape index (κ3) is 3.07. The fraction of sp³-hybridized carbons (Fsp3) is 0.417. The Morgan fingerprint density at radius 1 is 1.38 bits per heavy atom. The lowest BCUT2D eigenvalue weighted by Crippen LogP contribution is -2.44. The monoisotopic (exact) mass is 332 g/mol. The Balaban J connectivity index is 2.50. The van der Waals surface area contributed by atoms with Crippen molar-refractivity contribution in [2.24, 2.45) is 0 Å². The Morgan fingerprint density at radius 2 is 2.10 bits per heavy atom. The molecule has 1 saturated heterocycles. The summed E-state index contributed by atoms with van der Waals surface area (Å²) in [5.74, 6) is 0. The third-order valence-electron chi connectivity index (χ3n) is 3.37. The summed E-state index contributed by atoms with van der Waals surface area (Å²) < 4.78 is 26.3. The molecule has 0 aliphatic carbocycles. The largest absolute Gasteiger partial charge is 0.302 e. The highest BCUT2D eigenvalue weighted by molar-refractivity contribution is 7.89. The first-order valence-electron chi connectivity index (χ1n) is 6.29. The maximum Gasteiger partial charge on any atom is 0.270 e. The van der Waals surface area contributed by atoms with E-state index in [1.807, 2.05) is 0 Å². The van der Waals surface area contributed by atoms with Crippen LogP contribution in [0.2, 0.25) is 5.02 Å². The molecule has 0 N–H and O–H groups in total. The van der Waals surface area contributed by atoms with E-state index >= 15 is 0 Å². The number of non-ortho nitro benzene ring substituents is 1. The number of halogens is 1. The summed E-state index contributed by atoms with van der Waals surface area (Å²) in [5.41, 5.74) is -0.363. The molecule has 0 spiro atoms. The number of hydrogen-bond acceptors (Lipinski definition) is 5. The van der Waals surface area contributed by atoms with Crippen molar-refractivity contribution in [2.45, 2.75) is 30.2 Å². The number of carbonyl (C=O) groups is 1.